The van der Waals surface area contributed by atoms with E-state index in [0.717, 1.165) is 0 Å². The van der Waals surface area contributed by atoms with Crippen LogP contribution in [-0.2, 0) is 14.3 Å². The van der Waals surface area contributed by atoms with Gasteiger partial charge in [0.25, 0.3) is 0 Å². The van der Waals surface area contributed by atoms with Crippen LogP contribution in [0.1, 0.15) is 42.6 Å². The van der Waals surface area contributed by atoms with Crippen molar-refractivity contribution >= 4 is 23.3 Å². The molecule has 1 heterocycles. The Morgan fingerprint density at radius 1 is 1.03 bits per heavy atom. The van der Waals surface area contributed by atoms with Crippen molar-refractivity contribution in [1.82, 2.24) is 4.90 Å². The summed E-state index contributed by atoms with van der Waals surface area (Å²) in [6.07, 6.45) is 1.36. The number of anilines is 1. The minimum atomic E-state index is -0.368. The molecule has 0 aliphatic carbocycles. The van der Waals surface area contributed by atoms with Gasteiger partial charge in [-0.25, -0.2) is 0 Å². The van der Waals surface area contributed by atoms with Crippen molar-refractivity contribution in [3.63, 3.8) is 0 Å². The highest BCUT2D eigenvalue weighted by atomic mass is 16.5. The lowest BCUT2D eigenvalue weighted by molar-refractivity contribution is -0.149. The molecule has 6 nitrogen and oxygen atoms in total. The lowest BCUT2D eigenvalue weighted by Crippen LogP contribution is -2.47. The largest absolute Gasteiger partial charge is 0.466 e. The zero-order chi connectivity index (χ0) is 21.5. The van der Waals surface area contributed by atoms with E-state index in [4.69, 9.17) is 4.74 Å². The number of para-hydroxylation sites is 1. The van der Waals surface area contributed by atoms with E-state index in [1.54, 1.807) is 43.3 Å². The Morgan fingerprint density at radius 2 is 1.67 bits per heavy atom. The first-order valence-corrected chi connectivity index (χ1v) is 10.4. The molecule has 0 bridgehead atoms. The van der Waals surface area contributed by atoms with Gasteiger partial charge in [0.1, 0.15) is 0 Å². The molecule has 6 heteroatoms. The van der Waals surface area contributed by atoms with Crippen LogP contribution in [0.15, 0.2) is 54.6 Å². The molecular weight excluding hydrogens is 380 g/mol. The minimum Gasteiger partial charge on any atom is -0.466 e. The van der Waals surface area contributed by atoms with Crippen LogP contribution in [0.25, 0.3) is 0 Å². The highest BCUT2D eigenvalue weighted by Crippen LogP contribution is 2.23. The van der Waals surface area contributed by atoms with Crippen molar-refractivity contribution in [2.24, 2.45) is 5.92 Å². The van der Waals surface area contributed by atoms with E-state index in [1.807, 2.05) is 25.1 Å². The van der Waals surface area contributed by atoms with Crippen molar-refractivity contribution in [2.45, 2.75) is 32.7 Å². The fraction of sp³-hybridized carbons (Fsp3) is 0.375. The van der Waals surface area contributed by atoms with Crippen molar-refractivity contribution in [3.05, 3.63) is 65.7 Å². The number of nitrogens with zero attached hydrogens (tertiary/aromatic N) is 1. The molecule has 2 aromatic carbocycles. The zero-order valence-electron chi connectivity index (χ0n) is 17.5. The summed E-state index contributed by atoms with van der Waals surface area (Å²) in [5, 5.41) is 2.92. The van der Waals surface area contributed by atoms with Crippen LogP contribution in [0.5, 0.6) is 0 Å². The molecule has 158 valence electrons. The predicted octanol–water partition coefficient (Wildman–Crippen LogP) is 3.52. The Morgan fingerprint density at radius 3 is 2.33 bits per heavy atom. The van der Waals surface area contributed by atoms with Crippen molar-refractivity contribution in [1.29, 1.82) is 0 Å². The molecule has 1 saturated heterocycles. The number of carbonyl (C=O) groups excluding carboxylic acids is 3. The maximum atomic E-state index is 12.9. The van der Waals surface area contributed by atoms with Gasteiger partial charge in [-0.05, 0) is 51.9 Å². The molecule has 1 unspecified atom stereocenters. The number of ether oxygens (including phenoxy) is 1. The Hall–Kier alpha value is -2.99. The summed E-state index contributed by atoms with van der Waals surface area (Å²) in [7, 11) is 0. The lowest BCUT2D eigenvalue weighted by Gasteiger charge is -2.34. The number of nitrogens with one attached hydrogen (secondary N) is 1. The van der Waals surface area contributed by atoms with Crippen LogP contribution < -0.4 is 5.32 Å². The van der Waals surface area contributed by atoms with Gasteiger partial charge in [0.05, 0.1) is 24.3 Å². The molecule has 1 atom stereocenters. The number of carbonyl (C=O) groups is 3. The third-order valence-electron chi connectivity index (χ3n) is 5.54. The highest BCUT2D eigenvalue weighted by Gasteiger charge is 2.30. The Bertz CT molecular complexity index is 889. The van der Waals surface area contributed by atoms with Crippen LogP contribution in [0.4, 0.5) is 5.69 Å². The number of hydrogen-bond acceptors (Lipinski definition) is 5. The molecule has 3 rings (SSSR count). The second kappa shape index (κ2) is 10.2. The standard InChI is InChI=1S/C24H28N2O4/c1-3-30-24(29)19-13-15-26(16-14-19)17(2)23(28)25-21-12-8-7-11-20(21)22(27)18-9-5-4-6-10-18/h4-12,17,19H,3,13-16H2,1-2H3,(H,25,28). The van der Waals surface area contributed by atoms with E-state index in [0.29, 0.717) is 49.4 Å². The molecule has 1 amide bonds. The average Bonchev–Trinajstić information content (AvgIpc) is 2.79. The SMILES string of the molecule is CCOC(=O)C1CCN(C(C)C(=O)Nc2ccccc2C(=O)c2ccccc2)CC1. The maximum absolute atomic E-state index is 12.9. The van der Waals surface area contributed by atoms with E-state index in [-0.39, 0.29) is 29.6 Å². The molecule has 1 fully saturated rings. The molecule has 1 aliphatic rings. The summed E-state index contributed by atoms with van der Waals surface area (Å²) in [4.78, 5) is 39.7. The molecule has 1 aliphatic heterocycles. The van der Waals surface area contributed by atoms with E-state index in [9.17, 15) is 14.4 Å². The first kappa shape index (κ1) is 21.7. The second-order valence-electron chi connectivity index (χ2n) is 7.47. The van der Waals surface area contributed by atoms with Crippen LogP contribution in [-0.4, -0.2) is 48.3 Å². The van der Waals surface area contributed by atoms with Crippen LogP contribution in [0.2, 0.25) is 0 Å². The van der Waals surface area contributed by atoms with Crippen LogP contribution in [0, 0.1) is 5.92 Å². The number of benzene rings is 2. The summed E-state index contributed by atoms with van der Waals surface area (Å²) in [6, 6.07) is 15.7. The number of rotatable bonds is 7. The molecule has 0 saturated carbocycles. The number of likely N-dealkylation sites (tertiary alicyclic amines) is 1. The fourth-order valence-corrected chi connectivity index (χ4v) is 3.72. The van der Waals surface area contributed by atoms with Crippen LogP contribution >= 0.6 is 0 Å². The number of piperidine rings is 1. The zero-order valence-corrected chi connectivity index (χ0v) is 17.5. The van der Waals surface area contributed by atoms with Gasteiger partial charge in [0.15, 0.2) is 5.78 Å². The molecule has 0 aromatic heterocycles. The van der Waals surface area contributed by atoms with Gasteiger partial charge < -0.3 is 10.1 Å². The molecular formula is C24H28N2O4. The van der Waals surface area contributed by atoms with Crippen molar-refractivity contribution in [2.75, 3.05) is 25.0 Å². The summed E-state index contributed by atoms with van der Waals surface area (Å²) in [6.45, 7) is 5.35. The molecule has 30 heavy (non-hydrogen) atoms. The lowest BCUT2D eigenvalue weighted by atomic mass is 9.96. The maximum Gasteiger partial charge on any atom is 0.309 e. The topological polar surface area (TPSA) is 75.7 Å². The third kappa shape index (κ3) is 5.13. The summed E-state index contributed by atoms with van der Waals surface area (Å²) < 4.78 is 5.11. The predicted molar refractivity (Wildman–Crippen MR) is 115 cm³/mol. The molecule has 0 spiro atoms. The minimum absolute atomic E-state index is 0.0966. The van der Waals surface area contributed by atoms with E-state index in [1.165, 1.54) is 0 Å². The summed E-state index contributed by atoms with van der Waals surface area (Å²) >= 11 is 0. The van der Waals surface area contributed by atoms with Gasteiger partial charge in [0, 0.05) is 11.1 Å². The fourth-order valence-electron chi connectivity index (χ4n) is 3.72. The van der Waals surface area contributed by atoms with Crippen molar-refractivity contribution < 1.29 is 19.1 Å². The first-order chi connectivity index (χ1) is 14.5. The van der Waals surface area contributed by atoms with Gasteiger partial charge in [-0.15, -0.1) is 0 Å². The highest BCUT2D eigenvalue weighted by molar-refractivity contribution is 6.14. The van der Waals surface area contributed by atoms with E-state index < -0.39 is 0 Å². The van der Waals surface area contributed by atoms with Crippen LogP contribution in [0.3, 0.4) is 0 Å². The first-order valence-electron chi connectivity index (χ1n) is 10.4. The number of esters is 1. The average molecular weight is 408 g/mol. The van der Waals surface area contributed by atoms with E-state index in [2.05, 4.69) is 10.2 Å². The van der Waals surface area contributed by atoms with Gasteiger partial charge >= 0.3 is 5.97 Å². The molecule has 2 aromatic rings. The Labute approximate surface area is 177 Å². The third-order valence-corrected chi connectivity index (χ3v) is 5.54. The Balaban J connectivity index is 1.64. The van der Waals surface area contributed by atoms with E-state index >= 15 is 0 Å². The van der Waals surface area contributed by atoms with Gasteiger partial charge in [-0.2, -0.15) is 0 Å². The Kier molecular flexibility index (Phi) is 7.36. The monoisotopic (exact) mass is 408 g/mol. The quantitative estimate of drug-likeness (QED) is 0.560. The summed E-state index contributed by atoms with van der Waals surface area (Å²) in [5.74, 6) is -0.546. The van der Waals surface area contributed by atoms with Crippen molar-refractivity contribution in [3.8, 4) is 0 Å². The smallest absolute Gasteiger partial charge is 0.309 e. The second-order valence-corrected chi connectivity index (χ2v) is 7.47. The van der Waals surface area contributed by atoms with Gasteiger partial charge in [-0.3, -0.25) is 19.3 Å². The number of hydrogen-bond donors (Lipinski definition) is 1. The number of amides is 1. The normalized spacial score (nSPS) is 15.9. The number of ketones is 1. The van der Waals surface area contributed by atoms with Gasteiger partial charge in [-0.1, -0.05) is 42.5 Å². The summed E-state index contributed by atoms with van der Waals surface area (Å²) in [5.41, 5.74) is 1.54. The van der Waals surface area contributed by atoms with Gasteiger partial charge in [0.2, 0.25) is 5.91 Å². The molecule has 0 radical (unpaired) electrons. The molecule has 1 N–H and O–H groups in total.